The van der Waals surface area contributed by atoms with Gasteiger partial charge >= 0.3 is 0 Å². The molecule has 0 saturated carbocycles. The maximum Gasteiger partial charge on any atom is 0.236 e. The van der Waals surface area contributed by atoms with Crippen molar-refractivity contribution in [3.8, 4) is 5.75 Å². The van der Waals surface area contributed by atoms with Gasteiger partial charge in [-0.2, -0.15) is 0 Å². The number of piperidine rings is 2. The topological polar surface area (TPSA) is 105 Å². The van der Waals surface area contributed by atoms with Crippen LogP contribution in [0.25, 0.3) is 0 Å². The molecule has 3 N–H and O–H groups in total. The molecule has 3 amide bonds. The first-order chi connectivity index (χ1) is 14.9. The van der Waals surface area contributed by atoms with Gasteiger partial charge in [0.2, 0.25) is 17.7 Å². The zero-order valence-electron chi connectivity index (χ0n) is 18.1. The number of rotatable bonds is 5. The third kappa shape index (κ3) is 4.39. The molecule has 0 radical (unpaired) electrons. The van der Waals surface area contributed by atoms with Crippen LogP contribution in [0.2, 0.25) is 0 Å². The molecule has 4 rings (SSSR count). The van der Waals surface area contributed by atoms with Crippen LogP contribution in [0.1, 0.15) is 43.7 Å². The van der Waals surface area contributed by atoms with E-state index < -0.39 is 0 Å². The molecular formula is C23H32N4O4. The van der Waals surface area contributed by atoms with Gasteiger partial charge in [-0.15, -0.1) is 0 Å². The summed E-state index contributed by atoms with van der Waals surface area (Å²) in [6.45, 7) is 2.92. The standard InChI is InChI=1S/C23H32N4O4/c1-31-18-4-2-3-16(13-18)19-14-17(21(24)29)5-10-27(19)15-20(28)26-11-7-23(8-12-26)6-9-25-22(23)30/h2-4,13,17,19H,5-12,14-15H2,1H3,(H2,24,29)(H,25,30). The van der Waals surface area contributed by atoms with Crippen LogP contribution >= 0.6 is 0 Å². The summed E-state index contributed by atoms with van der Waals surface area (Å²) in [5.41, 5.74) is 6.35. The van der Waals surface area contributed by atoms with Gasteiger partial charge in [0.05, 0.1) is 19.1 Å². The van der Waals surface area contributed by atoms with Crippen LogP contribution in [0, 0.1) is 11.3 Å². The summed E-state index contributed by atoms with van der Waals surface area (Å²) in [5.74, 6) is 0.499. The average molecular weight is 429 g/mol. The molecule has 0 aliphatic carbocycles. The number of methoxy groups -OCH3 is 1. The number of hydrogen-bond donors (Lipinski definition) is 2. The summed E-state index contributed by atoms with van der Waals surface area (Å²) in [5, 5.41) is 2.94. The Morgan fingerprint density at radius 1 is 1.23 bits per heavy atom. The Morgan fingerprint density at radius 3 is 2.65 bits per heavy atom. The van der Waals surface area contributed by atoms with Crippen molar-refractivity contribution < 1.29 is 19.1 Å². The minimum absolute atomic E-state index is 0.0676. The van der Waals surface area contributed by atoms with E-state index in [0.717, 1.165) is 37.1 Å². The first-order valence-electron chi connectivity index (χ1n) is 11.2. The molecule has 8 nitrogen and oxygen atoms in total. The minimum Gasteiger partial charge on any atom is -0.497 e. The largest absolute Gasteiger partial charge is 0.497 e. The maximum absolute atomic E-state index is 13.1. The number of nitrogens with zero attached hydrogens (tertiary/aromatic N) is 2. The van der Waals surface area contributed by atoms with Gasteiger partial charge in [0, 0.05) is 38.1 Å². The monoisotopic (exact) mass is 428 g/mol. The van der Waals surface area contributed by atoms with Gasteiger partial charge in [0.15, 0.2) is 0 Å². The highest BCUT2D eigenvalue weighted by Crippen LogP contribution is 2.39. The third-order valence-electron chi connectivity index (χ3n) is 7.38. The lowest BCUT2D eigenvalue weighted by Crippen LogP contribution is -2.50. The van der Waals surface area contributed by atoms with Crippen molar-refractivity contribution in [3.05, 3.63) is 29.8 Å². The van der Waals surface area contributed by atoms with Crippen LogP contribution < -0.4 is 15.8 Å². The number of nitrogens with one attached hydrogen (secondary N) is 1. The number of primary amides is 1. The molecule has 0 bridgehead atoms. The number of carbonyl (C=O) groups is 3. The van der Waals surface area contributed by atoms with E-state index in [-0.39, 0.29) is 35.1 Å². The Morgan fingerprint density at radius 2 is 2.00 bits per heavy atom. The molecular weight excluding hydrogens is 396 g/mol. The highest BCUT2D eigenvalue weighted by Gasteiger charge is 2.45. The minimum atomic E-state index is -0.282. The van der Waals surface area contributed by atoms with E-state index in [2.05, 4.69) is 10.2 Å². The predicted molar refractivity (Wildman–Crippen MR) is 115 cm³/mol. The fraction of sp³-hybridized carbons (Fsp3) is 0.609. The first-order valence-corrected chi connectivity index (χ1v) is 11.2. The van der Waals surface area contributed by atoms with Gasteiger partial charge in [-0.05, 0) is 49.8 Å². The Bertz CT molecular complexity index is 850. The second kappa shape index (κ2) is 8.86. The molecule has 3 saturated heterocycles. The number of likely N-dealkylation sites (tertiary alicyclic amines) is 2. The van der Waals surface area contributed by atoms with Gasteiger partial charge in [-0.3, -0.25) is 19.3 Å². The van der Waals surface area contributed by atoms with Crippen molar-refractivity contribution in [1.82, 2.24) is 15.1 Å². The molecule has 168 valence electrons. The van der Waals surface area contributed by atoms with Crippen molar-refractivity contribution in [3.63, 3.8) is 0 Å². The van der Waals surface area contributed by atoms with Gasteiger partial charge in [-0.1, -0.05) is 12.1 Å². The van der Waals surface area contributed by atoms with Crippen LogP contribution in [-0.4, -0.2) is 67.4 Å². The Balaban J connectivity index is 1.44. The summed E-state index contributed by atoms with van der Waals surface area (Å²) >= 11 is 0. The van der Waals surface area contributed by atoms with E-state index >= 15 is 0 Å². The molecule has 1 aromatic rings. The zero-order chi connectivity index (χ0) is 22.0. The lowest BCUT2D eigenvalue weighted by Gasteiger charge is -2.41. The normalized spacial score (nSPS) is 26.0. The van der Waals surface area contributed by atoms with Crippen molar-refractivity contribution >= 4 is 17.7 Å². The third-order valence-corrected chi connectivity index (χ3v) is 7.38. The number of carbonyl (C=O) groups excluding carboxylic acids is 3. The highest BCUT2D eigenvalue weighted by molar-refractivity contribution is 5.85. The van der Waals surface area contributed by atoms with E-state index in [1.165, 1.54) is 0 Å². The molecule has 3 aliphatic heterocycles. The number of nitrogens with two attached hydrogens (primary N) is 1. The van der Waals surface area contributed by atoms with Crippen molar-refractivity contribution in [2.75, 3.05) is 39.8 Å². The van der Waals surface area contributed by atoms with E-state index in [4.69, 9.17) is 10.5 Å². The molecule has 3 heterocycles. The summed E-state index contributed by atoms with van der Waals surface area (Å²) in [6, 6.07) is 7.73. The maximum atomic E-state index is 13.1. The molecule has 2 unspecified atom stereocenters. The Hall–Kier alpha value is -2.61. The fourth-order valence-electron chi connectivity index (χ4n) is 5.31. The van der Waals surface area contributed by atoms with Crippen molar-refractivity contribution in [1.29, 1.82) is 0 Å². The van der Waals surface area contributed by atoms with Crippen LogP contribution in [0.5, 0.6) is 5.75 Å². The van der Waals surface area contributed by atoms with Crippen LogP contribution in [-0.2, 0) is 14.4 Å². The SMILES string of the molecule is COc1cccc(C2CC(C(N)=O)CCN2CC(=O)N2CCC3(CCNC3=O)CC2)c1. The predicted octanol–water partition coefficient (Wildman–Crippen LogP) is 1.06. The summed E-state index contributed by atoms with van der Waals surface area (Å²) in [6.07, 6.45) is 3.58. The summed E-state index contributed by atoms with van der Waals surface area (Å²) in [7, 11) is 1.63. The van der Waals surface area contributed by atoms with Crippen LogP contribution in [0.4, 0.5) is 0 Å². The summed E-state index contributed by atoms with van der Waals surface area (Å²) in [4.78, 5) is 41.2. The van der Waals surface area contributed by atoms with Crippen LogP contribution in [0.3, 0.4) is 0 Å². The molecule has 2 atom stereocenters. The van der Waals surface area contributed by atoms with E-state index in [9.17, 15) is 14.4 Å². The zero-order valence-corrected chi connectivity index (χ0v) is 18.1. The molecule has 31 heavy (non-hydrogen) atoms. The second-order valence-electron chi connectivity index (χ2n) is 9.05. The van der Waals surface area contributed by atoms with E-state index in [1.807, 2.05) is 29.2 Å². The first kappa shape index (κ1) is 21.6. The number of amides is 3. The van der Waals surface area contributed by atoms with E-state index in [0.29, 0.717) is 39.0 Å². The number of ether oxygens (including phenoxy) is 1. The molecule has 3 aliphatic rings. The second-order valence-corrected chi connectivity index (χ2v) is 9.05. The van der Waals surface area contributed by atoms with Crippen LogP contribution in [0.15, 0.2) is 24.3 Å². The van der Waals surface area contributed by atoms with E-state index in [1.54, 1.807) is 7.11 Å². The Kier molecular flexibility index (Phi) is 6.18. The number of hydrogen-bond acceptors (Lipinski definition) is 5. The quantitative estimate of drug-likeness (QED) is 0.730. The molecule has 3 fully saturated rings. The van der Waals surface area contributed by atoms with Crippen molar-refractivity contribution in [2.45, 2.75) is 38.1 Å². The molecule has 1 spiro atoms. The molecule has 1 aromatic carbocycles. The molecule has 8 heteroatoms. The van der Waals surface area contributed by atoms with Gasteiger partial charge in [0.1, 0.15) is 5.75 Å². The van der Waals surface area contributed by atoms with Gasteiger partial charge in [0.25, 0.3) is 0 Å². The highest BCUT2D eigenvalue weighted by atomic mass is 16.5. The van der Waals surface area contributed by atoms with Gasteiger partial charge in [-0.25, -0.2) is 0 Å². The Labute approximate surface area is 183 Å². The smallest absolute Gasteiger partial charge is 0.236 e. The number of benzene rings is 1. The lowest BCUT2D eigenvalue weighted by atomic mass is 9.77. The molecule has 0 aromatic heterocycles. The van der Waals surface area contributed by atoms with Crippen molar-refractivity contribution in [2.24, 2.45) is 17.1 Å². The fourth-order valence-corrected chi connectivity index (χ4v) is 5.31. The lowest BCUT2D eigenvalue weighted by molar-refractivity contribution is -0.140. The average Bonchev–Trinajstić information content (AvgIpc) is 3.13. The summed E-state index contributed by atoms with van der Waals surface area (Å²) < 4.78 is 5.37. The van der Waals surface area contributed by atoms with Gasteiger partial charge < -0.3 is 20.7 Å².